The number of hydrogen-bond donors (Lipinski definition) is 0. The second-order valence-electron chi connectivity index (χ2n) is 6.35. The van der Waals surface area contributed by atoms with Gasteiger partial charge in [0.15, 0.2) is 0 Å². The van der Waals surface area contributed by atoms with E-state index in [4.69, 9.17) is 4.74 Å². The summed E-state index contributed by atoms with van der Waals surface area (Å²) in [6.07, 6.45) is 2.39. The lowest BCUT2D eigenvalue weighted by atomic mass is 9.93. The van der Waals surface area contributed by atoms with E-state index in [2.05, 4.69) is 4.98 Å². The summed E-state index contributed by atoms with van der Waals surface area (Å²) < 4.78 is 5.85. The first kappa shape index (κ1) is 16.2. The number of aromatic nitrogens is 1. The van der Waals surface area contributed by atoms with Crippen LogP contribution in [0, 0.1) is 5.92 Å². The maximum atomic E-state index is 12.6. The molecule has 130 valence electrons. The van der Waals surface area contributed by atoms with Crippen LogP contribution in [0.25, 0.3) is 0 Å². The molecule has 2 aliphatic heterocycles. The van der Waals surface area contributed by atoms with E-state index in [9.17, 15) is 9.59 Å². The summed E-state index contributed by atoms with van der Waals surface area (Å²) in [6, 6.07) is 9.64. The van der Waals surface area contributed by atoms with Gasteiger partial charge in [0.1, 0.15) is 11.5 Å². The standard InChI is InChI=1S/C18H19N3O3S/c22-17-11-24-15-6-7-20(18(23)16-8-19-12-25-16)9-13(15)10-21(17)14-4-2-1-3-5-14/h1-5,8,12-13,15H,6-7,9-11H2/t13-,15+/m1/s1. The van der Waals surface area contributed by atoms with Gasteiger partial charge in [0, 0.05) is 31.2 Å². The Labute approximate surface area is 150 Å². The maximum absolute atomic E-state index is 12.6. The largest absolute Gasteiger partial charge is 0.368 e. The Morgan fingerprint density at radius 2 is 2.08 bits per heavy atom. The molecule has 0 N–H and O–H groups in total. The van der Waals surface area contributed by atoms with Crippen LogP contribution in [0.2, 0.25) is 0 Å². The average molecular weight is 357 g/mol. The van der Waals surface area contributed by atoms with Crippen LogP contribution >= 0.6 is 11.3 Å². The highest BCUT2D eigenvalue weighted by molar-refractivity contribution is 7.11. The van der Waals surface area contributed by atoms with Crippen molar-refractivity contribution >= 4 is 28.8 Å². The van der Waals surface area contributed by atoms with Crippen LogP contribution in [0.3, 0.4) is 0 Å². The molecule has 4 rings (SSSR count). The number of likely N-dealkylation sites (tertiary alicyclic amines) is 1. The van der Waals surface area contributed by atoms with Gasteiger partial charge in [0.2, 0.25) is 0 Å². The van der Waals surface area contributed by atoms with E-state index >= 15 is 0 Å². The van der Waals surface area contributed by atoms with Gasteiger partial charge in [-0.15, -0.1) is 11.3 Å². The number of para-hydroxylation sites is 1. The number of anilines is 1. The third-order valence-electron chi connectivity index (χ3n) is 4.80. The number of piperidine rings is 1. The fourth-order valence-corrected chi connectivity index (χ4v) is 4.10. The highest BCUT2D eigenvalue weighted by Crippen LogP contribution is 2.28. The van der Waals surface area contributed by atoms with Gasteiger partial charge < -0.3 is 14.5 Å². The second kappa shape index (κ2) is 6.93. The number of thiazole rings is 1. The van der Waals surface area contributed by atoms with E-state index in [1.165, 1.54) is 11.3 Å². The average Bonchev–Trinajstić information content (AvgIpc) is 3.14. The predicted molar refractivity (Wildman–Crippen MR) is 94.7 cm³/mol. The van der Waals surface area contributed by atoms with Crippen LogP contribution < -0.4 is 4.90 Å². The zero-order valence-electron chi connectivity index (χ0n) is 13.7. The third kappa shape index (κ3) is 3.29. The third-order valence-corrected chi connectivity index (χ3v) is 5.56. The minimum atomic E-state index is -0.0269. The van der Waals surface area contributed by atoms with E-state index in [1.807, 2.05) is 35.2 Å². The fraction of sp³-hybridized carbons (Fsp3) is 0.389. The molecular formula is C18H19N3O3S. The molecule has 1 aromatic carbocycles. The Morgan fingerprint density at radius 3 is 2.84 bits per heavy atom. The van der Waals surface area contributed by atoms with Gasteiger partial charge in [-0.25, -0.2) is 0 Å². The Hall–Kier alpha value is -2.25. The van der Waals surface area contributed by atoms with Gasteiger partial charge in [0.05, 0.1) is 17.8 Å². The van der Waals surface area contributed by atoms with Crippen molar-refractivity contribution < 1.29 is 14.3 Å². The first-order valence-electron chi connectivity index (χ1n) is 8.37. The summed E-state index contributed by atoms with van der Waals surface area (Å²) in [6.45, 7) is 1.91. The van der Waals surface area contributed by atoms with Gasteiger partial charge >= 0.3 is 0 Å². The number of rotatable bonds is 2. The molecule has 25 heavy (non-hydrogen) atoms. The molecule has 0 radical (unpaired) electrons. The van der Waals surface area contributed by atoms with E-state index < -0.39 is 0 Å². The molecule has 2 saturated heterocycles. The molecule has 2 fully saturated rings. The second-order valence-corrected chi connectivity index (χ2v) is 7.24. The normalized spacial score (nSPS) is 23.9. The van der Waals surface area contributed by atoms with Crippen LogP contribution in [-0.4, -0.2) is 54.0 Å². The van der Waals surface area contributed by atoms with Crippen molar-refractivity contribution in [2.75, 3.05) is 31.1 Å². The molecule has 0 saturated carbocycles. The lowest BCUT2D eigenvalue weighted by Crippen LogP contribution is -2.49. The maximum Gasteiger partial charge on any atom is 0.265 e. The molecular weight excluding hydrogens is 338 g/mol. The Balaban J connectivity index is 1.53. The molecule has 0 unspecified atom stereocenters. The number of carbonyl (C=O) groups excluding carboxylic acids is 2. The molecule has 6 nitrogen and oxygen atoms in total. The van der Waals surface area contributed by atoms with Crippen molar-refractivity contribution in [2.45, 2.75) is 12.5 Å². The van der Waals surface area contributed by atoms with Crippen molar-refractivity contribution in [2.24, 2.45) is 5.92 Å². The summed E-state index contributed by atoms with van der Waals surface area (Å²) in [4.78, 5) is 33.4. The lowest BCUT2D eigenvalue weighted by molar-refractivity contribution is -0.124. The Morgan fingerprint density at radius 1 is 1.24 bits per heavy atom. The zero-order valence-corrected chi connectivity index (χ0v) is 14.5. The van der Waals surface area contributed by atoms with Gasteiger partial charge in [-0.2, -0.15) is 0 Å². The van der Waals surface area contributed by atoms with Crippen LogP contribution in [0.5, 0.6) is 0 Å². The van der Waals surface area contributed by atoms with Gasteiger partial charge in [-0.1, -0.05) is 18.2 Å². The highest BCUT2D eigenvalue weighted by atomic mass is 32.1. The molecule has 0 bridgehead atoms. The number of fused-ring (bicyclic) bond motifs is 1. The first-order valence-corrected chi connectivity index (χ1v) is 9.25. The fourth-order valence-electron chi connectivity index (χ4n) is 3.52. The Kier molecular flexibility index (Phi) is 4.50. The van der Waals surface area contributed by atoms with Crippen LogP contribution in [0.4, 0.5) is 5.69 Å². The molecule has 1 aromatic heterocycles. The quantitative estimate of drug-likeness (QED) is 0.825. The minimum absolute atomic E-state index is 0.0165. The van der Waals surface area contributed by atoms with Crippen molar-refractivity contribution in [1.82, 2.24) is 9.88 Å². The molecule has 2 amide bonds. The van der Waals surface area contributed by atoms with E-state index in [0.29, 0.717) is 24.5 Å². The van der Waals surface area contributed by atoms with Crippen LogP contribution in [0.1, 0.15) is 16.1 Å². The highest BCUT2D eigenvalue weighted by Gasteiger charge is 2.37. The lowest BCUT2D eigenvalue weighted by Gasteiger charge is -2.37. The monoisotopic (exact) mass is 357 g/mol. The Bertz CT molecular complexity index is 750. The number of amides is 2. The number of ether oxygens (including phenoxy) is 1. The van der Waals surface area contributed by atoms with Gasteiger partial charge in [-0.05, 0) is 18.6 Å². The number of carbonyl (C=O) groups is 2. The van der Waals surface area contributed by atoms with E-state index in [-0.39, 0.29) is 30.4 Å². The van der Waals surface area contributed by atoms with E-state index in [1.54, 1.807) is 16.6 Å². The first-order chi connectivity index (χ1) is 12.2. The number of nitrogens with zero attached hydrogens (tertiary/aromatic N) is 3. The molecule has 7 heteroatoms. The van der Waals surface area contributed by atoms with E-state index in [0.717, 1.165) is 12.1 Å². The topological polar surface area (TPSA) is 62.7 Å². The molecule has 0 spiro atoms. The minimum Gasteiger partial charge on any atom is -0.368 e. The van der Waals surface area contributed by atoms with Crippen molar-refractivity contribution in [3.05, 3.63) is 46.9 Å². The number of benzene rings is 1. The molecule has 0 aliphatic carbocycles. The summed E-state index contributed by atoms with van der Waals surface area (Å²) in [7, 11) is 0. The van der Waals surface area contributed by atoms with Crippen LogP contribution in [-0.2, 0) is 9.53 Å². The zero-order chi connectivity index (χ0) is 17.2. The number of hydrogen-bond acceptors (Lipinski definition) is 5. The predicted octanol–water partition coefficient (Wildman–Crippen LogP) is 2.04. The summed E-state index contributed by atoms with van der Waals surface area (Å²) >= 11 is 1.36. The summed E-state index contributed by atoms with van der Waals surface area (Å²) in [5.74, 6) is 0.0981. The van der Waals surface area contributed by atoms with Gasteiger partial charge in [-0.3, -0.25) is 14.6 Å². The van der Waals surface area contributed by atoms with Crippen molar-refractivity contribution in [3.8, 4) is 0 Å². The summed E-state index contributed by atoms with van der Waals surface area (Å²) in [5, 5.41) is 0. The van der Waals surface area contributed by atoms with Crippen molar-refractivity contribution in [3.63, 3.8) is 0 Å². The molecule has 3 heterocycles. The van der Waals surface area contributed by atoms with Crippen molar-refractivity contribution in [1.29, 1.82) is 0 Å². The SMILES string of the molecule is O=C(c1cncs1)N1CC[C@@H]2OCC(=O)N(c3ccccc3)C[C@H]2C1. The molecule has 2 aliphatic rings. The smallest absolute Gasteiger partial charge is 0.265 e. The molecule has 2 aromatic rings. The van der Waals surface area contributed by atoms with Crippen LogP contribution in [0.15, 0.2) is 42.0 Å². The van der Waals surface area contributed by atoms with Gasteiger partial charge in [0.25, 0.3) is 11.8 Å². The molecule has 2 atom stereocenters. The summed E-state index contributed by atoms with van der Waals surface area (Å²) in [5.41, 5.74) is 2.55.